The smallest absolute Gasteiger partial charge is 0.256 e. The van der Waals surface area contributed by atoms with E-state index in [-0.39, 0.29) is 5.91 Å². The van der Waals surface area contributed by atoms with Gasteiger partial charge in [-0.05, 0) is 50.5 Å². The van der Waals surface area contributed by atoms with Gasteiger partial charge < -0.3 is 4.90 Å². The number of thioether (sulfide) groups is 1. The highest BCUT2D eigenvalue weighted by Crippen LogP contribution is 2.35. The Labute approximate surface area is 189 Å². The quantitative estimate of drug-likeness (QED) is 0.679. The van der Waals surface area contributed by atoms with E-state index >= 15 is 0 Å². The first-order valence-corrected chi connectivity index (χ1v) is 13.2. The van der Waals surface area contributed by atoms with Crippen molar-refractivity contribution < 1.29 is 13.2 Å². The molecule has 0 N–H and O–H groups in total. The predicted molar refractivity (Wildman–Crippen MR) is 123 cm³/mol. The molecule has 4 rings (SSSR count). The minimum absolute atomic E-state index is 0.0582. The van der Waals surface area contributed by atoms with Gasteiger partial charge in [0.2, 0.25) is 10.0 Å². The Morgan fingerprint density at radius 3 is 2.45 bits per heavy atom. The van der Waals surface area contributed by atoms with Crippen LogP contribution in [0.15, 0.2) is 46.5 Å². The molecule has 6 nitrogen and oxygen atoms in total. The number of rotatable bonds is 5. The van der Waals surface area contributed by atoms with Crippen molar-refractivity contribution in [2.24, 2.45) is 0 Å². The van der Waals surface area contributed by atoms with Gasteiger partial charge in [0.15, 0.2) is 0 Å². The number of hydrogen-bond acceptors (Lipinski definition) is 5. The van der Waals surface area contributed by atoms with Gasteiger partial charge in [0.25, 0.3) is 5.91 Å². The van der Waals surface area contributed by atoms with Gasteiger partial charge in [-0.25, -0.2) is 13.4 Å². The molecule has 2 aliphatic rings. The van der Waals surface area contributed by atoms with Crippen molar-refractivity contribution in [3.05, 3.63) is 53.2 Å². The van der Waals surface area contributed by atoms with E-state index in [1.54, 1.807) is 35.0 Å². The lowest BCUT2D eigenvalue weighted by atomic mass is 10.2. The summed E-state index contributed by atoms with van der Waals surface area (Å²) >= 11 is 1.71. The summed E-state index contributed by atoms with van der Waals surface area (Å²) in [4.78, 5) is 19.8. The maximum atomic E-state index is 13.2. The minimum Gasteiger partial charge on any atom is -0.336 e. The molecule has 1 aromatic carbocycles. The van der Waals surface area contributed by atoms with E-state index in [0.29, 0.717) is 41.9 Å². The van der Waals surface area contributed by atoms with Crippen LogP contribution in [0.25, 0.3) is 0 Å². The molecule has 1 aliphatic heterocycles. The zero-order chi connectivity index (χ0) is 22.0. The van der Waals surface area contributed by atoms with Crippen LogP contribution in [0.1, 0.15) is 47.2 Å². The van der Waals surface area contributed by atoms with Crippen molar-refractivity contribution in [2.75, 3.05) is 26.2 Å². The van der Waals surface area contributed by atoms with Crippen molar-refractivity contribution >= 4 is 27.7 Å². The predicted octanol–water partition coefficient (Wildman–Crippen LogP) is 3.88. The van der Waals surface area contributed by atoms with Crippen LogP contribution < -0.4 is 0 Å². The van der Waals surface area contributed by atoms with E-state index in [0.717, 1.165) is 16.2 Å². The van der Waals surface area contributed by atoms with Crippen LogP contribution in [-0.2, 0) is 10.0 Å². The van der Waals surface area contributed by atoms with Crippen LogP contribution in [0, 0.1) is 13.8 Å². The number of aromatic nitrogens is 1. The van der Waals surface area contributed by atoms with Gasteiger partial charge >= 0.3 is 0 Å². The van der Waals surface area contributed by atoms with E-state index in [1.807, 2.05) is 32.0 Å². The monoisotopic (exact) mass is 459 g/mol. The molecular weight excluding hydrogens is 430 g/mol. The van der Waals surface area contributed by atoms with E-state index in [1.165, 1.54) is 30.0 Å². The molecule has 0 unspecified atom stereocenters. The standard InChI is InChI=1S/C23H29N3O3S2/c1-17-9-10-21(18(2)16-17)31(28,29)26-14-12-25(13-15-26)23(27)20-8-5-11-24-22(20)30-19-6-3-4-7-19/h5,8-11,16,19H,3-4,6-7,12-15H2,1-2H3. The summed E-state index contributed by atoms with van der Waals surface area (Å²) in [7, 11) is -3.57. The molecule has 166 valence electrons. The number of amides is 1. The van der Waals surface area contributed by atoms with Crippen molar-refractivity contribution in [3.8, 4) is 0 Å². The Morgan fingerprint density at radius 1 is 1.06 bits per heavy atom. The Balaban J connectivity index is 1.45. The second-order valence-electron chi connectivity index (χ2n) is 8.35. The van der Waals surface area contributed by atoms with Crippen LogP contribution in [-0.4, -0.2) is 59.9 Å². The number of carbonyl (C=O) groups excluding carboxylic acids is 1. The molecule has 31 heavy (non-hydrogen) atoms. The third kappa shape index (κ3) is 4.81. The number of sulfonamides is 1. The lowest BCUT2D eigenvalue weighted by Gasteiger charge is -2.34. The molecule has 0 atom stereocenters. The van der Waals surface area contributed by atoms with E-state index < -0.39 is 10.0 Å². The second kappa shape index (κ2) is 9.30. The highest BCUT2D eigenvalue weighted by atomic mass is 32.2. The first kappa shape index (κ1) is 22.3. The molecule has 2 fully saturated rings. The lowest BCUT2D eigenvalue weighted by molar-refractivity contribution is 0.0693. The van der Waals surface area contributed by atoms with Crippen LogP contribution >= 0.6 is 11.8 Å². The normalized spacial score (nSPS) is 18.5. The van der Waals surface area contributed by atoms with E-state index in [2.05, 4.69) is 4.98 Å². The molecule has 1 aromatic heterocycles. The van der Waals surface area contributed by atoms with Gasteiger partial charge in [0.1, 0.15) is 5.03 Å². The van der Waals surface area contributed by atoms with Crippen molar-refractivity contribution in [3.63, 3.8) is 0 Å². The van der Waals surface area contributed by atoms with Crippen molar-refractivity contribution in [2.45, 2.75) is 54.7 Å². The summed E-state index contributed by atoms with van der Waals surface area (Å²) in [5, 5.41) is 1.32. The number of hydrogen-bond donors (Lipinski definition) is 0. The van der Waals surface area contributed by atoms with Gasteiger partial charge in [0.05, 0.1) is 10.5 Å². The van der Waals surface area contributed by atoms with Gasteiger partial charge in [-0.1, -0.05) is 30.5 Å². The zero-order valence-electron chi connectivity index (χ0n) is 18.1. The molecule has 8 heteroatoms. The fourth-order valence-corrected chi connectivity index (χ4v) is 7.26. The third-order valence-corrected chi connectivity index (χ3v) is 9.47. The Kier molecular flexibility index (Phi) is 6.69. The topological polar surface area (TPSA) is 70.6 Å². The van der Waals surface area contributed by atoms with Crippen LogP contribution in [0.4, 0.5) is 0 Å². The summed E-state index contributed by atoms with van der Waals surface area (Å²) in [6.07, 6.45) is 6.56. The summed E-state index contributed by atoms with van der Waals surface area (Å²) in [5.41, 5.74) is 2.42. The molecule has 1 saturated heterocycles. The Hall–Kier alpha value is -1.90. The van der Waals surface area contributed by atoms with Gasteiger partial charge in [-0.15, -0.1) is 11.8 Å². The number of benzene rings is 1. The minimum atomic E-state index is -3.57. The van der Waals surface area contributed by atoms with Crippen LogP contribution in [0.3, 0.4) is 0 Å². The summed E-state index contributed by atoms with van der Waals surface area (Å²) in [5.74, 6) is -0.0582. The molecule has 2 aromatic rings. The van der Waals surface area contributed by atoms with Gasteiger partial charge in [-0.3, -0.25) is 4.79 Å². The fourth-order valence-electron chi connectivity index (χ4n) is 4.34. The number of nitrogens with zero attached hydrogens (tertiary/aromatic N) is 3. The lowest BCUT2D eigenvalue weighted by Crippen LogP contribution is -2.50. The number of piperazine rings is 1. The van der Waals surface area contributed by atoms with Crippen LogP contribution in [0.2, 0.25) is 0 Å². The maximum absolute atomic E-state index is 13.2. The third-order valence-electron chi connectivity index (χ3n) is 6.06. The Bertz CT molecular complexity index is 1060. The maximum Gasteiger partial charge on any atom is 0.256 e. The highest BCUT2D eigenvalue weighted by molar-refractivity contribution is 8.00. The molecule has 0 spiro atoms. The zero-order valence-corrected chi connectivity index (χ0v) is 19.7. The fraction of sp³-hybridized carbons (Fsp3) is 0.478. The van der Waals surface area contributed by atoms with E-state index in [4.69, 9.17) is 0 Å². The molecule has 1 amide bonds. The molecule has 1 aliphatic carbocycles. The first-order chi connectivity index (χ1) is 14.9. The first-order valence-electron chi connectivity index (χ1n) is 10.8. The Morgan fingerprint density at radius 2 is 1.77 bits per heavy atom. The summed E-state index contributed by atoms with van der Waals surface area (Å²) in [6.45, 7) is 5.13. The molecular formula is C23H29N3O3S2. The van der Waals surface area contributed by atoms with Crippen LogP contribution in [0.5, 0.6) is 0 Å². The average Bonchev–Trinajstić information content (AvgIpc) is 3.26. The van der Waals surface area contributed by atoms with Gasteiger partial charge in [0, 0.05) is 37.6 Å². The second-order valence-corrected chi connectivity index (χ2v) is 11.5. The summed E-state index contributed by atoms with van der Waals surface area (Å²) < 4.78 is 27.7. The summed E-state index contributed by atoms with van der Waals surface area (Å²) in [6, 6.07) is 9.03. The van der Waals surface area contributed by atoms with E-state index in [9.17, 15) is 13.2 Å². The largest absolute Gasteiger partial charge is 0.336 e. The van der Waals surface area contributed by atoms with Gasteiger partial charge in [-0.2, -0.15) is 4.31 Å². The molecule has 0 bridgehead atoms. The average molecular weight is 460 g/mol. The van der Waals surface area contributed by atoms with Crippen molar-refractivity contribution in [1.82, 2.24) is 14.2 Å². The van der Waals surface area contributed by atoms with Crippen molar-refractivity contribution in [1.29, 1.82) is 0 Å². The molecule has 1 saturated carbocycles. The number of carbonyl (C=O) groups is 1. The number of aryl methyl sites for hydroxylation is 2. The highest BCUT2D eigenvalue weighted by Gasteiger charge is 2.32. The molecule has 0 radical (unpaired) electrons. The SMILES string of the molecule is Cc1ccc(S(=O)(=O)N2CCN(C(=O)c3cccnc3SC3CCCC3)CC2)c(C)c1. The molecule has 2 heterocycles. The number of pyridine rings is 1.